The molecule has 2 N–H and O–H groups in total. The van der Waals surface area contributed by atoms with E-state index in [1.807, 2.05) is 0 Å². The zero-order chi connectivity index (χ0) is 14.1. The molecule has 2 saturated heterocycles. The minimum absolute atomic E-state index is 0.215. The molecule has 3 fully saturated rings. The van der Waals surface area contributed by atoms with E-state index in [-0.39, 0.29) is 30.3 Å². The first kappa shape index (κ1) is 13.9. The molecule has 1 saturated carbocycles. The smallest absolute Gasteiger partial charge is 0.303 e. The van der Waals surface area contributed by atoms with Gasteiger partial charge in [0.05, 0.1) is 6.54 Å². The largest absolute Gasteiger partial charge is 0.481 e. The van der Waals surface area contributed by atoms with Gasteiger partial charge in [0.15, 0.2) is 0 Å². The lowest BCUT2D eigenvalue weighted by molar-refractivity contribution is -0.139. The minimum atomic E-state index is -0.708. The standard InChI is InChI=1S/C15H24N2O3/c18-14(9-16-8-10-1-2-10)17-12-3-4-13(17)6-11(5-12)7-15(19)20/h10-13,16H,1-9H2,(H,19,20). The van der Waals surface area contributed by atoms with Gasteiger partial charge in [0, 0.05) is 18.5 Å². The molecule has 0 aromatic carbocycles. The monoisotopic (exact) mass is 280 g/mol. The molecule has 2 bridgehead atoms. The van der Waals surface area contributed by atoms with Crippen molar-refractivity contribution in [2.24, 2.45) is 11.8 Å². The Hall–Kier alpha value is -1.10. The number of nitrogens with zero attached hydrogens (tertiary/aromatic N) is 1. The first-order valence-electron chi connectivity index (χ1n) is 7.87. The van der Waals surface area contributed by atoms with Crippen LogP contribution in [0, 0.1) is 11.8 Å². The van der Waals surface area contributed by atoms with Gasteiger partial charge in [-0.25, -0.2) is 0 Å². The van der Waals surface area contributed by atoms with Gasteiger partial charge in [-0.05, 0) is 56.9 Å². The van der Waals surface area contributed by atoms with Crippen LogP contribution in [0.25, 0.3) is 0 Å². The molecule has 2 unspecified atom stereocenters. The highest BCUT2D eigenvalue weighted by atomic mass is 16.4. The van der Waals surface area contributed by atoms with E-state index in [2.05, 4.69) is 10.2 Å². The van der Waals surface area contributed by atoms with Crippen LogP contribution in [-0.4, -0.2) is 47.1 Å². The summed E-state index contributed by atoms with van der Waals surface area (Å²) < 4.78 is 0. The van der Waals surface area contributed by atoms with Crippen molar-refractivity contribution in [2.75, 3.05) is 13.1 Å². The fourth-order valence-corrected chi connectivity index (χ4v) is 3.91. The van der Waals surface area contributed by atoms with Crippen LogP contribution in [0.5, 0.6) is 0 Å². The van der Waals surface area contributed by atoms with Gasteiger partial charge in [-0.3, -0.25) is 9.59 Å². The lowest BCUT2D eigenvalue weighted by Gasteiger charge is -2.38. The molecule has 2 heterocycles. The minimum Gasteiger partial charge on any atom is -0.481 e. The molecule has 0 spiro atoms. The molecule has 5 nitrogen and oxygen atoms in total. The van der Waals surface area contributed by atoms with Crippen molar-refractivity contribution < 1.29 is 14.7 Å². The second kappa shape index (κ2) is 5.72. The van der Waals surface area contributed by atoms with E-state index in [9.17, 15) is 9.59 Å². The molecule has 0 aromatic rings. The number of piperidine rings is 1. The van der Waals surface area contributed by atoms with Crippen molar-refractivity contribution in [2.45, 2.75) is 57.0 Å². The van der Waals surface area contributed by atoms with Gasteiger partial charge in [0.2, 0.25) is 5.91 Å². The molecule has 0 aromatic heterocycles. The second-order valence-electron chi connectivity index (χ2n) is 6.70. The Kier molecular flexibility index (Phi) is 3.96. The summed E-state index contributed by atoms with van der Waals surface area (Å²) in [5.74, 6) is 0.557. The van der Waals surface area contributed by atoms with Gasteiger partial charge in [-0.15, -0.1) is 0 Å². The Balaban J connectivity index is 1.50. The summed E-state index contributed by atoms with van der Waals surface area (Å²) in [5.41, 5.74) is 0. The molecule has 1 aliphatic carbocycles. The number of carboxylic acid groups (broad SMARTS) is 1. The molecule has 0 radical (unpaired) electrons. The number of hydrogen-bond donors (Lipinski definition) is 2. The van der Waals surface area contributed by atoms with E-state index in [0.717, 1.165) is 38.1 Å². The van der Waals surface area contributed by atoms with Gasteiger partial charge in [0.25, 0.3) is 0 Å². The van der Waals surface area contributed by atoms with Crippen LogP contribution in [-0.2, 0) is 9.59 Å². The number of aliphatic carboxylic acids is 1. The molecule has 3 aliphatic rings. The summed E-state index contributed by atoms with van der Waals surface area (Å²) in [5, 5.41) is 12.2. The predicted octanol–water partition coefficient (Wildman–Crippen LogP) is 1.23. The third-order valence-electron chi connectivity index (χ3n) is 4.99. The van der Waals surface area contributed by atoms with E-state index < -0.39 is 5.97 Å². The van der Waals surface area contributed by atoms with Crippen molar-refractivity contribution in [3.8, 4) is 0 Å². The Morgan fingerprint density at radius 1 is 1.05 bits per heavy atom. The molecule has 2 aliphatic heterocycles. The summed E-state index contributed by atoms with van der Waals surface area (Å²) in [6.07, 6.45) is 6.70. The number of hydrogen-bond acceptors (Lipinski definition) is 3. The molecule has 2 atom stereocenters. The van der Waals surface area contributed by atoms with Gasteiger partial charge >= 0.3 is 5.97 Å². The lowest BCUT2D eigenvalue weighted by atomic mass is 9.88. The Morgan fingerprint density at radius 2 is 1.70 bits per heavy atom. The van der Waals surface area contributed by atoms with Crippen molar-refractivity contribution in [1.82, 2.24) is 10.2 Å². The number of carbonyl (C=O) groups excluding carboxylic acids is 1. The Morgan fingerprint density at radius 3 is 2.25 bits per heavy atom. The third kappa shape index (κ3) is 3.14. The highest BCUT2D eigenvalue weighted by Crippen LogP contribution is 2.39. The lowest BCUT2D eigenvalue weighted by Crippen LogP contribution is -2.49. The molecule has 5 heteroatoms. The average molecular weight is 280 g/mol. The highest BCUT2D eigenvalue weighted by molar-refractivity contribution is 5.79. The topological polar surface area (TPSA) is 69.6 Å². The van der Waals surface area contributed by atoms with E-state index in [1.54, 1.807) is 0 Å². The van der Waals surface area contributed by atoms with Crippen LogP contribution in [0.15, 0.2) is 0 Å². The van der Waals surface area contributed by atoms with Crippen LogP contribution in [0.2, 0.25) is 0 Å². The molecular weight excluding hydrogens is 256 g/mol. The number of carboxylic acids is 1. The van der Waals surface area contributed by atoms with Crippen LogP contribution in [0.4, 0.5) is 0 Å². The van der Waals surface area contributed by atoms with Gasteiger partial charge in [-0.1, -0.05) is 0 Å². The SMILES string of the molecule is O=C(O)CC1CC2CCC(C1)N2C(=O)CNCC1CC1. The number of rotatable bonds is 6. The van der Waals surface area contributed by atoms with Crippen molar-refractivity contribution >= 4 is 11.9 Å². The first-order valence-corrected chi connectivity index (χ1v) is 7.87. The van der Waals surface area contributed by atoms with Gasteiger partial charge in [0.1, 0.15) is 0 Å². The van der Waals surface area contributed by atoms with Crippen molar-refractivity contribution in [3.63, 3.8) is 0 Å². The van der Waals surface area contributed by atoms with Crippen LogP contribution >= 0.6 is 0 Å². The third-order valence-corrected chi connectivity index (χ3v) is 4.99. The summed E-state index contributed by atoms with van der Waals surface area (Å²) in [6, 6.07) is 0.571. The van der Waals surface area contributed by atoms with Crippen LogP contribution < -0.4 is 5.32 Å². The van der Waals surface area contributed by atoms with E-state index >= 15 is 0 Å². The molecule has 1 amide bonds. The summed E-state index contributed by atoms with van der Waals surface area (Å²) in [6.45, 7) is 1.42. The quantitative estimate of drug-likeness (QED) is 0.768. The van der Waals surface area contributed by atoms with Crippen molar-refractivity contribution in [1.29, 1.82) is 0 Å². The van der Waals surface area contributed by atoms with Crippen LogP contribution in [0.1, 0.15) is 44.9 Å². The number of fused-ring (bicyclic) bond motifs is 2. The van der Waals surface area contributed by atoms with Gasteiger partial charge < -0.3 is 15.3 Å². The maximum absolute atomic E-state index is 12.3. The molecule has 112 valence electrons. The molecule has 20 heavy (non-hydrogen) atoms. The summed E-state index contributed by atoms with van der Waals surface area (Å²) >= 11 is 0. The number of nitrogens with one attached hydrogen (secondary N) is 1. The fourth-order valence-electron chi connectivity index (χ4n) is 3.91. The van der Waals surface area contributed by atoms with Crippen molar-refractivity contribution in [3.05, 3.63) is 0 Å². The van der Waals surface area contributed by atoms with Crippen LogP contribution in [0.3, 0.4) is 0 Å². The van der Waals surface area contributed by atoms with E-state index in [1.165, 1.54) is 12.8 Å². The van der Waals surface area contributed by atoms with E-state index in [4.69, 9.17) is 5.11 Å². The maximum Gasteiger partial charge on any atom is 0.303 e. The van der Waals surface area contributed by atoms with E-state index in [0.29, 0.717) is 6.54 Å². The molecular formula is C15H24N2O3. The zero-order valence-corrected chi connectivity index (χ0v) is 11.9. The Labute approximate surface area is 119 Å². The highest BCUT2D eigenvalue weighted by Gasteiger charge is 2.43. The summed E-state index contributed by atoms with van der Waals surface area (Å²) in [4.78, 5) is 25.2. The second-order valence-corrected chi connectivity index (χ2v) is 6.70. The summed E-state index contributed by atoms with van der Waals surface area (Å²) in [7, 11) is 0. The Bertz CT molecular complexity index is 381. The first-order chi connectivity index (χ1) is 9.63. The zero-order valence-electron chi connectivity index (χ0n) is 11.9. The van der Waals surface area contributed by atoms with Gasteiger partial charge in [-0.2, -0.15) is 0 Å². The predicted molar refractivity (Wildman–Crippen MR) is 74.2 cm³/mol. The molecule has 3 rings (SSSR count). The maximum atomic E-state index is 12.3. The fraction of sp³-hybridized carbons (Fsp3) is 0.867. The number of carbonyl (C=O) groups is 2. The average Bonchev–Trinajstić information content (AvgIpc) is 3.14. The number of amides is 1. The normalized spacial score (nSPS) is 32.4.